The Morgan fingerprint density at radius 3 is 2.88 bits per heavy atom. The molecule has 0 fully saturated rings. The predicted octanol–water partition coefficient (Wildman–Crippen LogP) is 3.43. The quantitative estimate of drug-likeness (QED) is 0.647. The summed E-state index contributed by atoms with van der Waals surface area (Å²) in [4.78, 5) is 16.2. The summed E-state index contributed by atoms with van der Waals surface area (Å²) in [5.74, 6) is 0.182. The first-order valence-corrected chi connectivity index (χ1v) is 6.07. The highest BCUT2D eigenvalue weighted by Gasteiger charge is 2.16. The Labute approximate surface area is 102 Å². The van der Waals surface area contributed by atoms with E-state index in [4.69, 9.17) is 4.42 Å². The molecule has 0 bridgehead atoms. The molecule has 17 heavy (non-hydrogen) atoms. The highest BCUT2D eigenvalue weighted by Crippen LogP contribution is 2.21. The molecule has 0 spiro atoms. The van der Waals surface area contributed by atoms with E-state index in [1.54, 1.807) is 11.4 Å². The van der Waals surface area contributed by atoms with Crippen LogP contribution in [0.3, 0.4) is 0 Å². The van der Waals surface area contributed by atoms with E-state index in [2.05, 4.69) is 4.98 Å². The van der Waals surface area contributed by atoms with Gasteiger partial charge in [-0.1, -0.05) is 18.2 Å². The van der Waals surface area contributed by atoms with Crippen molar-refractivity contribution >= 4 is 28.1 Å². The molecule has 4 heteroatoms. The second-order valence-electron chi connectivity index (χ2n) is 3.73. The summed E-state index contributed by atoms with van der Waals surface area (Å²) in [6.07, 6.45) is 0. The fourth-order valence-electron chi connectivity index (χ4n) is 1.69. The van der Waals surface area contributed by atoms with E-state index in [0.29, 0.717) is 11.5 Å². The molecule has 0 amide bonds. The van der Waals surface area contributed by atoms with Crippen molar-refractivity contribution in [2.24, 2.45) is 0 Å². The van der Waals surface area contributed by atoms with E-state index in [1.165, 1.54) is 11.3 Å². The summed E-state index contributed by atoms with van der Waals surface area (Å²) < 4.78 is 5.51. The van der Waals surface area contributed by atoms with Crippen LogP contribution >= 0.6 is 11.3 Å². The van der Waals surface area contributed by atoms with Gasteiger partial charge in [-0.15, -0.1) is 11.3 Å². The maximum absolute atomic E-state index is 12.1. The van der Waals surface area contributed by atoms with Crippen molar-refractivity contribution in [3.8, 4) is 0 Å². The van der Waals surface area contributed by atoms with Crippen molar-refractivity contribution in [2.45, 2.75) is 6.92 Å². The number of rotatable bonds is 2. The van der Waals surface area contributed by atoms with Gasteiger partial charge >= 0.3 is 0 Å². The number of nitrogens with zero attached hydrogens (tertiary/aromatic N) is 1. The number of hydrogen-bond donors (Lipinski definition) is 0. The first-order valence-electron chi connectivity index (χ1n) is 5.19. The second-order valence-corrected chi connectivity index (χ2v) is 4.79. The van der Waals surface area contributed by atoms with Crippen molar-refractivity contribution < 1.29 is 9.21 Å². The second kappa shape index (κ2) is 3.82. The lowest BCUT2D eigenvalue weighted by Gasteiger charge is -1.90. The number of para-hydroxylation sites is 1. The van der Waals surface area contributed by atoms with Gasteiger partial charge in [0, 0.05) is 10.8 Å². The SMILES string of the molecule is Cc1nc(C(=O)c2cc3ccccc3o2)cs1. The van der Waals surface area contributed by atoms with Crippen LogP contribution in [0.1, 0.15) is 21.3 Å². The Morgan fingerprint density at radius 2 is 2.18 bits per heavy atom. The van der Waals surface area contributed by atoms with Gasteiger partial charge < -0.3 is 4.42 Å². The molecule has 0 N–H and O–H groups in total. The smallest absolute Gasteiger partial charge is 0.247 e. The molecular formula is C13H9NO2S. The summed E-state index contributed by atoms with van der Waals surface area (Å²) in [5.41, 5.74) is 1.18. The number of carbonyl (C=O) groups is 1. The summed E-state index contributed by atoms with van der Waals surface area (Å²) in [6, 6.07) is 9.32. The monoisotopic (exact) mass is 243 g/mol. The van der Waals surface area contributed by atoms with Gasteiger partial charge in [0.2, 0.25) is 5.78 Å². The van der Waals surface area contributed by atoms with Crippen LogP contribution in [0.25, 0.3) is 11.0 Å². The first-order chi connectivity index (χ1) is 8.24. The first kappa shape index (κ1) is 10.2. The fourth-order valence-corrected chi connectivity index (χ4v) is 2.28. The Bertz CT molecular complexity index is 663. The summed E-state index contributed by atoms with van der Waals surface area (Å²) in [5, 5.41) is 3.57. The molecule has 3 aromatic rings. The van der Waals surface area contributed by atoms with E-state index in [1.807, 2.05) is 31.2 Å². The molecule has 0 saturated heterocycles. The molecule has 2 aromatic heterocycles. The highest BCUT2D eigenvalue weighted by atomic mass is 32.1. The normalized spacial score (nSPS) is 10.9. The lowest BCUT2D eigenvalue weighted by Crippen LogP contribution is -1.99. The van der Waals surface area contributed by atoms with E-state index in [0.717, 1.165) is 16.0 Å². The van der Waals surface area contributed by atoms with Gasteiger partial charge in [-0.3, -0.25) is 4.79 Å². The van der Waals surface area contributed by atoms with Gasteiger partial charge in [0.1, 0.15) is 11.3 Å². The molecule has 0 saturated carbocycles. The van der Waals surface area contributed by atoms with E-state index in [-0.39, 0.29) is 5.78 Å². The van der Waals surface area contributed by atoms with Gasteiger partial charge in [-0.25, -0.2) is 4.98 Å². The third-order valence-corrected chi connectivity index (χ3v) is 3.27. The third-order valence-electron chi connectivity index (χ3n) is 2.50. The van der Waals surface area contributed by atoms with Crippen LogP contribution in [0, 0.1) is 6.92 Å². The van der Waals surface area contributed by atoms with Crippen LogP contribution in [0.5, 0.6) is 0 Å². The summed E-state index contributed by atoms with van der Waals surface area (Å²) in [7, 11) is 0. The molecule has 0 aliphatic rings. The number of fused-ring (bicyclic) bond motifs is 1. The fraction of sp³-hybridized carbons (Fsp3) is 0.0769. The molecular weight excluding hydrogens is 234 g/mol. The van der Waals surface area contributed by atoms with Crippen molar-refractivity contribution in [3.05, 3.63) is 52.2 Å². The lowest BCUT2D eigenvalue weighted by atomic mass is 10.2. The Hall–Kier alpha value is -1.94. The number of aryl methyl sites for hydroxylation is 1. The highest BCUT2D eigenvalue weighted by molar-refractivity contribution is 7.09. The largest absolute Gasteiger partial charge is 0.453 e. The van der Waals surface area contributed by atoms with Crippen molar-refractivity contribution in [2.75, 3.05) is 0 Å². The zero-order chi connectivity index (χ0) is 11.8. The van der Waals surface area contributed by atoms with Crippen molar-refractivity contribution in [1.29, 1.82) is 0 Å². The molecule has 2 heterocycles. The number of furan rings is 1. The van der Waals surface area contributed by atoms with Crippen LogP contribution < -0.4 is 0 Å². The van der Waals surface area contributed by atoms with E-state index in [9.17, 15) is 4.79 Å². The van der Waals surface area contributed by atoms with Crippen LogP contribution in [0.4, 0.5) is 0 Å². The van der Waals surface area contributed by atoms with Gasteiger partial charge in [-0.2, -0.15) is 0 Å². The van der Waals surface area contributed by atoms with E-state index >= 15 is 0 Å². The number of benzene rings is 1. The molecule has 0 aliphatic carbocycles. The average molecular weight is 243 g/mol. The maximum atomic E-state index is 12.1. The Morgan fingerprint density at radius 1 is 1.35 bits per heavy atom. The van der Waals surface area contributed by atoms with Gasteiger partial charge in [0.05, 0.1) is 5.01 Å². The minimum Gasteiger partial charge on any atom is -0.453 e. The molecule has 3 rings (SSSR count). The zero-order valence-corrected chi connectivity index (χ0v) is 9.95. The zero-order valence-electron chi connectivity index (χ0n) is 9.14. The van der Waals surface area contributed by atoms with Gasteiger partial charge in [0.25, 0.3) is 0 Å². The van der Waals surface area contributed by atoms with Crippen molar-refractivity contribution in [3.63, 3.8) is 0 Å². The number of aromatic nitrogens is 1. The average Bonchev–Trinajstić information content (AvgIpc) is 2.93. The molecule has 0 radical (unpaired) electrons. The van der Waals surface area contributed by atoms with Crippen LogP contribution in [0.15, 0.2) is 40.1 Å². The molecule has 3 nitrogen and oxygen atoms in total. The lowest BCUT2D eigenvalue weighted by molar-refractivity contribution is 0.101. The van der Waals surface area contributed by atoms with Gasteiger partial charge in [-0.05, 0) is 19.1 Å². The summed E-state index contributed by atoms with van der Waals surface area (Å²) in [6.45, 7) is 1.88. The number of ketones is 1. The molecule has 0 unspecified atom stereocenters. The predicted molar refractivity (Wildman–Crippen MR) is 66.5 cm³/mol. The minimum atomic E-state index is -0.162. The van der Waals surface area contributed by atoms with Crippen LogP contribution in [-0.4, -0.2) is 10.8 Å². The number of carbonyl (C=O) groups excluding carboxylic acids is 1. The third kappa shape index (κ3) is 1.76. The van der Waals surface area contributed by atoms with E-state index < -0.39 is 0 Å². The van der Waals surface area contributed by atoms with Crippen LogP contribution in [-0.2, 0) is 0 Å². The summed E-state index contributed by atoms with van der Waals surface area (Å²) >= 11 is 1.46. The number of hydrogen-bond acceptors (Lipinski definition) is 4. The van der Waals surface area contributed by atoms with Crippen LogP contribution in [0.2, 0.25) is 0 Å². The minimum absolute atomic E-state index is 0.162. The van der Waals surface area contributed by atoms with Gasteiger partial charge in [0.15, 0.2) is 5.76 Å². The Balaban J connectivity index is 2.06. The van der Waals surface area contributed by atoms with Crippen molar-refractivity contribution in [1.82, 2.24) is 4.98 Å². The standard InChI is InChI=1S/C13H9NO2S/c1-8-14-10(7-17-8)13(15)12-6-9-4-2-3-5-11(9)16-12/h2-7H,1H3. The maximum Gasteiger partial charge on any atom is 0.247 e. The molecule has 0 atom stereocenters. The molecule has 1 aromatic carbocycles. The topological polar surface area (TPSA) is 43.1 Å². The number of thiazole rings is 1. The molecule has 0 aliphatic heterocycles. The Kier molecular flexibility index (Phi) is 2.30. The molecule has 84 valence electrons.